The van der Waals surface area contributed by atoms with Gasteiger partial charge in [-0.1, -0.05) is 252 Å². The van der Waals surface area contributed by atoms with Gasteiger partial charge in [0.1, 0.15) is 17.2 Å². The van der Waals surface area contributed by atoms with Crippen molar-refractivity contribution in [3.05, 3.63) is 89.5 Å². The van der Waals surface area contributed by atoms with Gasteiger partial charge in [0, 0.05) is 16.7 Å². The summed E-state index contributed by atoms with van der Waals surface area (Å²) in [5.41, 5.74) is 3.53. The lowest BCUT2D eigenvalue weighted by Crippen LogP contribution is -2.20. The lowest BCUT2D eigenvalue weighted by atomic mass is 9.79. The Morgan fingerprint density at radius 1 is 0.328 bits per heavy atom. The molecular formula is C54H87O3P. The minimum Gasteiger partial charge on any atom is -0.408 e. The molecule has 0 aliphatic carbocycles. The van der Waals surface area contributed by atoms with Gasteiger partial charge in [0.2, 0.25) is 0 Å². The van der Waals surface area contributed by atoms with E-state index < -0.39 is 8.60 Å². The summed E-state index contributed by atoms with van der Waals surface area (Å²) in [4.78, 5) is 0. The molecule has 3 aromatic rings. The van der Waals surface area contributed by atoms with E-state index in [4.69, 9.17) is 13.6 Å². The maximum absolute atomic E-state index is 7.06. The van der Waals surface area contributed by atoms with Gasteiger partial charge in [-0.3, -0.25) is 0 Å². The summed E-state index contributed by atoms with van der Waals surface area (Å²) in [5.74, 6) is 2.59. The van der Waals surface area contributed by atoms with E-state index in [0.717, 1.165) is 36.5 Å². The van der Waals surface area contributed by atoms with Crippen LogP contribution in [0.3, 0.4) is 0 Å². The zero-order chi connectivity index (χ0) is 42.1. The Labute approximate surface area is 360 Å². The molecule has 0 aliphatic heterocycles. The van der Waals surface area contributed by atoms with Gasteiger partial charge in [0.05, 0.1) is 0 Å². The van der Waals surface area contributed by atoms with Crippen LogP contribution in [0, 0.1) is 0 Å². The molecule has 58 heavy (non-hydrogen) atoms. The van der Waals surface area contributed by atoms with Crippen molar-refractivity contribution in [2.45, 2.75) is 233 Å². The fraction of sp³-hybridized carbons (Fsp3) is 0.667. The first-order valence-corrected chi connectivity index (χ1v) is 25.2. The molecule has 0 saturated carbocycles. The Morgan fingerprint density at radius 3 is 0.810 bits per heavy atom. The first-order chi connectivity index (χ1) is 27.9. The molecule has 0 radical (unpaired) electrons. The Bertz CT molecular complexity index is 1330. The maximum atomic E-state index is 7.06. The number of unbranched alkanes of at least 4 members (excludes halogenated alkanes) is 18. The SMILES string of the molecule is CCCCCCCCCC(C)(C)c1ccccc1OP(Oc1ccccc1C(C)(C)CCCCCCCCC)Oc1ccccc1C(C)(C)CCCCCCCCC. The van der Waals surface area contributed by atoms with Crippen molar-refractivity contribution in [2.75, 3.05) is 0 Å². The Morgan fingerprint density at radius 2 is 0.552 bits per heavy atom. The predicted octanol–water partition coefficient (Wildman–Crippen LogP) is 18.7. The van der Waals surface area contributed by atoms with Gasteiger partial charge in [-0.15, -0.1) is 0 Å². The second-order valence-corrected chi connectivity index (χ2v) is 20.2. The largest absolute Gasteiger partial charge is 0.530 e. The Balaban J connectivity index is 1.89. The average Bonchev–Trinajstić information content (AvgIpc) is 3.20. The molecule has 3 rings (SSSR count). The fourth-order valence-electron chi connectivity index (χ4n) is 8.59. The topological polar surface area (TPSA) is 27.7 Å². The van der Waals surface area contributed by atoms with E-state index in [1.165, 1.54) is 152 Å². The van der Waals surface area contributed by atoms with E-state index in [0.29, 0.717) is 0 Å². The minimum absolute atomic E-state index is 0.0477. The average molecular weight is 815 g/mol. The standard InChI is InChI=1S/C54H87O3P/c1-10-13-16-19-22-25-34-43-52(4,5)46-37-28-31-40-49(46)55-58(56-50-41-32-29-38-47(50)53(6,7)44-35-26-23-20-17-14-11-2)57-51-42-33-30-39-48(51)54(8,9)45-36-27-24-21-18-15-12-3/h28-33,37-42H,10-27,34-36,43-45H2,1-9H3. The summed E-state index contributed by atoms with van der Waals surface area (Å²) in [6.07, 6.45) is 30.9. The van der Waals surface area contributed by atoms with Crippen LogP contribution < -0.4 is 13.6 Å². The van der Waals surface area contributed by atoms with E-state index in [2.05, 4.69) is 135 Å². The third-order valence-electron chi connectivity index (χ3n) is 12.6. The molecule has 326 valence electrons. The molecule has 0 amide bonds. The highest BCUT2D eigenvalue weighted by Crippen LogP contribution is 2.50. The summed E-state index contributed by atoms with van der Waals surface area (Å²) in [5, 5.41) is 0. The van der Waals surface area contributed by atoms with Crippen LogP contribution in [-0.2, 0) is 16.2 Å². The van der Waals surface area contributed by atoms with Crippen LogP contribution in [0.15, 0.2) is 72.8 Å². The third kappa shape index (κ3) is 18.0. The molecule has 0 saturated heterocycles. The number of para-hydroxylation sites is 3. The van der Waals surface area contributed by atoms with E-state index in [9.17, 15) is 0 Å². The number of hydrogen-bond donors (Lipinski definition) is 0. The van der Waals surface area contributed by atoms with Gasteiger partial charge in [-0.2, -0.15) is 0 Å². The highest BCUT2D eigenvalue weighted by atomic mass is 31.2. The van der Waals surface area contributed by atoms with E-state index in [-0.39, 0.29) is 16.2 Å². The molecule has 0 N–H and O–H groups in total. The van der Waals surface area contributed by atoms with Gasteiger partial charge in [-0.05, 0) is 53.7 Å². The number of rotatable bonds is 33. The number of benzene rings is 3. The van der Waals surface area contributed by atoms with Gasteiger partial charge < -0.3 is 13.6 Å². The zero-order valence-electron chi connectivity index (χ0n) is 39.1. The zero-order valence-corrected chi connectivity index (χ0v) is 40.0. The molecule has 0 fully saturated rings. The molecule has 0 aliphatic rings. The molecule has 0 aromatic heterocycles. The van der Waals surface area contributed by atoms with Crippen LogP contribution in [0.1, 0.15) is 233 Å². The molecule has 0 unspecified atom stereocenters. The smallest absolute Gasteiger partial charge is 0.408 e. The molecule has 0 spiro atoms. The van der Waals surface area contributed by atoms with Crippen molar-refractivity contribution in [3.8, 4) is 17.2 Å². The Kier molecular flexibility index (Phi) is 23.5. The summed E-state index contributed by atoms with van der Waals surface area (Å²) >= 11 is 0. The molecular weight excluding hydrogens is 728 g/mol. The van der Waals surface area contributed by atoms with Crippen molar-refractivity contribution in [1.29, 1.82) is 0 Å². The van der Waals surface area contributed by atoms with Gasteiger partial charge >= 0.3 is 8.60 Å². The molecule has 3 nitrogen and oxygen atoms in total. The molecule has 4 heteroatoms. The second-order valence-electron chi connectivity index (χ2n) is 19.3. The first kappa shape index (κ1) is 49.8. The van der Waals surface area contributed by atoms with E-state index >= 15 is 0 Å². The van der Waals surface area contributed by atoms with Crippen LogP contribution in [0.25, 0.3) is 0 Å². The van der Waals surface area contributed by atoms with Gasteiger partial charge in [-0.25, -0.2) is 0 Å². The van der Waals surface area contributed by atoms with Crippen molar-refractivity contribution in [3.63, 3.8) is 0 Å². The second kappa shape index (κ2) is 27.4. The first-order valence-electron chi connectivity index (χ1n) is 24.1. The van der Waals surface area contributed by atoms with Gasteiger partial charge in [0.25, 0.3) is 0 Å². The Hall–Kier alpha value is -2.51. The van der Waals surface area contributed by atoms with Gasteiger partial charge in [0.15, 0.2) is 0 Å². The molecule has 0 atom stereocenters. The summed E-state index contributed by atoms with van der Waals surface area (Å²) in [7, 11) is -1.85. The van der Waals surface area contributed by atoms with Crippen LogP contribution in [0.2, 0.25) is 0 Å². The molecule has 0 bridgehead atoms. The van der Waals surface area contributed by atoms with Crippen molar-refractivity contribution in [2.24, 2.45) is 0 Å². The third-order valence-corrected chi connectivity index (χ3v) is 13.6. The normalized spacial score (nSPS) is 12.3. The fourth-order valence-corrected chi connectivity index (χ4v) is 9.66. The summed E-state index contributed by atoms with van der Waals surface area (Å²) in [6.45, 7) is 21.1. The lowest BCUT2D eigenvalue weighted by Gasteiger charge is -2.31. The van der Waals surface area contributed by atoms with Crippen LogP contribution in [0.4, 0.5) is 0 Å². The summed E-state index contributed by atoms with van der Waals surface area (Å²) < 4.78 is 21.2. The van der Waals surface area contributed by atoms with Crippen LogP contribution >= 0.6 is 8.60 Å². The highest BCUT2D eigenvalue weighted by Gasteiger charge is 2.32. The van der Waals surface area contributed by atoms with Crippen molar-refractivity contribution in [1.82, 2.24) is 0 Å². The quantitative estimate of drug-likeness (QED) is 0.0453. The predicted molar refractivity (Wildman–Crippen MR) is 255 cm³/mol. The van der Waals surface area contributed by atoms with Crippen molar-refractivity contribution < 1.29 is 13.6 Å². The minimum atomic E-state index is -1.85. The summed E-state index contributed by atoms with van der Waals surface area (Å²) in [6, 6.07) is 25.9. The van der Waals surface area contributed by atoms with Crippen LogP contribution in [0.5, 0.6) is 17.2 Å². The van der Waals surface area contributed by atoms with Crippen molar-refractivity contribution >= 4 is 8.60 Å². The lowest BCUT2D eigenvalue weighted by molar-refractivity contribution is 0.359. The highest BCUT2D eigenvalue weighted by molar-refractivity contribution is 7.43. The van der Waals surface area contributed by atoms with E-state index in [1.807, 2.05) is 0 Å². The maximum Gasteiger partial charge on any atom is 0.530 e. The van der Waals surface area contributed by atoms with Crippen LogP contribution in [-0.4, -0.2) is 0 Å². The monoisotopic (exact) mass is 815 g/mol. The molecule has 3 aromatic carbocycles. The number of hydrogen-bond acceptors (Lipinski definition) is 3. The molecule has 0 heterocycles. The van der Waals surface area contributed by atoms with E-state index in [1.54, 1.807) is 0 Å².